The monoisotopic (exact) mass is 143 g/mol. The molecule has 0 spiro atoms. The standard InChI is InChI=1S/C8H17NO/c1-8(4-5-8)9(2)6-7-10-3/h4-7H2,1-3H3. The van der Waals surface area contributed by atoms with Crippen molar-refractivity contribution in [2.45, 2.75) is 25.3 Å². The Morgan fingerprint density at radius 3 is 2.50 bits per heavy atom. The van der Waals surface area contributed by atoms with Crippen LogP contribution in [0.2, 0.25) is 0 Å². The Kier molecular flexibility index (Phi) is 2.32. The van der Waals surface area contributed by atoms with Gasteiger partial charge in [0, 0.05) is 19.2 Å². The normalized spacial score (nSPS) is 21.6. The molecule has 1 fully saturated rings. The predicted molar refractivity (Wildman–Crippen MR) is 42.1 cm³/mol. The van der Waals surface area contributed by atoms with Crippen LogP contribution in [0.15, 0.2) is 0 Å². The average molecular weight is 143 g/mol. The third-order valence-electron chi connectivity index (χ3n) is 2.53. The molecule has 0 saturated heterocycles. The lowest BCUT2D eigenvalue weighted by atomic mass is 10.3. The van der Waals surface area contributed by atoms with E-state index in [1.807, 2.05) is 0 Å². The Labute approximate surface area is 63.2 Å². The lowest BCUT2D eigenvalue weighted by Crippen LogP contribution is -2.33. The molecule has 0 radical (unpaired) electrons. The van der Waals surface area contributed by atoms with E-state index in [0.29, 0.717) is 5.54 Å². The van der Waals surface area contributed by atoms with E-state index in [0.717, 1.165) is 13.2 Å². The van der Waals surface area contributed by atoms with Gasteiger partial charge in [-0.05, 0) is 26.8 Å². The fourth-order valence-corrected chi connectivity index (χ4v) is 1.06. The highest BCUT2D eigenvalue weighted by Gasteiger charge is 2.40. The fraction of sp³-hybridized carbons (Fsp3) is 1.00. The first-order valence-electron chi connectivity index (χ1n) is 3.89. The van der Waals surface area contributed by atoms with Crippen molar-refractivity contribution in [3.63, 3.8) is 0 Å². The first-order chi connectivity index (χ1) is 4.69. The van der Waals surface area contributed by atoms with E-state index in [-0.39, 0.29) is 0 Å². The highest BCUT2D eigenvalue weighted by atomic mass is 16.5. The highest BCUT2D eigenvalue weighted by molar-refractivity contribution is 4.98. The molecule has 0 heterocycles. The molecule has 1 aliphatic carbocycles. The summed E-state index contributed by atoms with van der Waals surface area (Å²) < 4.78 is 4.99. The molecule has 0 atom stereocenters. The molecule has 0 aliphatic heterocycles. The minimum absolute atomic E-state index is 0.512. The molecule has 0 aromatic heterocycles. The summed E-state index contributed by atoms with van der Waals surface area (Å²) in [7, 11) is 3.93. The van der Waals surface area contributed by atoms with Crippen LogP contribution < -0.4 is 0 Å². The molecule has 0 amide bonds. The van der Waals surface area contributed by atoms with Gasteiger partial charge >= 0.3 is 0 Å². The van der Waals surface area contributed by atoms with Crippen LogP contribution in [0.25, 0.3) is 0 Å². The quantitative estimate of drug-likeness (QED) is 0.584. The molecule has 1 rings (SSSR count). The van der Waals surface area contributed by atoms with Crippen LogP contribution in [0.4, 0.5) is 0 Å². The second kappa shape index (κ2) is 2.89. The minimum atomic E-state index is 0.512. The highest BCUT2D eigenvalue weighted by Crippen LogP contribution is 2.39. The van der Waals surface area contributed by atoms with E-state index in [2.05, 4.69) is 18.9 Å². The molecule has 0 unspecified atom stereocenters. The van der Waals surface area contributed by atoms with Gasteiger partial charge in [-0.15, -0.1) is 0 Å². The van der Waals surface area contributed by atoms with Gasteiger partial charge in [-0.25, -0.2) is 0 Å². The molecule has 1 saturated carbocycles. The molecule has 0 N–H and O–H groups in total. The van der Waals surface area contributed by atoms with Gasteiger partial charge in [0.2, 0.25) is 0 Å². The van der Waals surface area contributed by atoms with Gasteiger partial charge in [0.25, 0.3) is 0 Å². The summed E-state index contributed by atoms with van der Waals surface area (Å²) in [5.74, 6) is 0. The molecular weight excluding hydrogens is 126 g/mol. The number of methoxy groups -OCH3 is 1. The van der Waals surface area contributed by atoms with Gasteiger partial charge in [0.1, 0.15) is 0 Å². The van der Waals surface area contributed by atoms with E-state index < -0.39 is 0 Å². The van der Waals surface area contributed by atoms with Crippen LogP contribution >= 0.6 is 0 Å². The molecule has 10 heavy (non-hydrogen) atoms. The van der Waals surface area contributed by atoms with Gasteiger partial charge in [0.15, 0.2) is 0 Å². The first kappa shape index (κ1) is 8.02. The van der Waals surface area contributed by atoms with Crippen LogP contribution in [0, 0.1) is 0 Å². The van der Waals surface area contributed by atoms with Crippen LogP contribution in [0.3, 0.4) is 0 Å². The molecule has 0 aromatic rings. The van der Waals surface area contributed by atoms with Crippen LogP contribution in [-0.2, 0) is 4.74 Å². The predicted octanol–water partition coefficient (Wildman–Crippen LogP) is 1.12. The average Bonchev–Trinajstić information content (AvgIpc) is 2.64. The van der Waals surface area contributed by atoms with Gasteiger partial charge in [0.05, 0.1) is 6.61 Å². The fourth-order valence-electron chi connectivity index (χ4n) is 1.06. The summed E-state index contributed by atoms with van der Waals surface area (Å²) in [5, 5.41) is 0. The maximum absolute atomic E-state index is 4.99. The molecule has 1 aliphatic rings. The number of hydrogen-bond donors (Lipinski definition) is 0. The van der Waals surface area contributed by atoms with E-state index >= 15 is 0 Å². The second-order valence-electron chi connectivity index (χ2n) is 3.41. The number of hydrogen-bond acceptors (Lipinski definition) is 2. The largest absolute Gasteiger partial charge is 0.383 e. The van der Waals surface area contributed by atoms with Crippen molar-refractivity contribution < 1.29 is 4.74 Å². The zero-order chi connectivity index (χ0) is 7.61. The van der Waals surface area contributed by atoms with E-state index in [1.54, 1.807) is 7.11 Å². The summed E-state index contributed by atoms with van der Waals surface area (Å²) >= 11 is 0. The first-order valence-corrected chi connectivity index (χ1v) is 3.89. The van der Waals surface area contributed by atoms with Crippen LogP contribution in [-0.4, -0.2) is 37.7 Å². The summed E-state index contributed by atoms with van der Waals surface area (Å²) in [6.07, 6.45) is 2.71. The SMILES string of the molecule is COCCN(C)C1(C)CC1. The van der Waals surface area contributed by atoms with Crippen molar-refractivity contribution in [1.82, 2.24) is 4.90 Å². The molecule has 2 nitrogen and oxygen atoms in total. The zero-order valence-corrected chi connectivity index (χ0v) is 7.18. The molecule has 0 aromatic carbocycles. The van der Waals surface area contributed by atoms with Gasteiger partial charge in [-0.3, -0.25) is 4.90 Å². The van der Waals surface area contributed by atoms with Crippen molar-refractivity contribution in [3.05, 3.63) is 0 Å². The van der Waals surface area contributed by atoms with E-state index in [9.17, 15) is 0 Å². The molecule has 2 heteroatoms. The van der Waals surface area contributed by atoms with Crippen molar-refractivity contribution in [2.24, 2.45) is 0 Å². The number of likely N-dealkylation sites (N-methyl/N-ethyl adjacent to an activating group) is 1. The topological polar surface area (TPSA) is 12.5 Å². The van der Waals surface area contributed by atoms with Crippen molar-refractivity contribution in [2.75, 3.05) is 27.3 Å². The van der Waals surface area contributed by atoms with Gasteiger partial charge < -0.3 is 4.74 Å². The Bertz CT molecular complexity index is 110. The second-order valence-corrected chi connectivity index (χ2v) is 3.41. The summed E-state index contributed by atoms with van der Waals surface area (Å²) in [6.45, 7) is 4.22. The molecule has 60 valence electrons. The smallest absolute Gasteiger partial charge is 0.0589 e. The van der Waals surface area contributed by atoms with Crippen LogP contribution in [0.5, 0.6) is 0 Å². The Morgan fingerprint density at radius 1 is 1.50 bits per heavy atom. The van der Waals surface area contributed by atoms with Crippen molar-refractivity contribution >= 4 is 0 Å². The number of nitrogens with zero attached hydrogens (tertiary/aromatic N) is 1. The van der Waals surface area contributed by atoms with Gasteiger partial charge in [-0.2, -0.15) is 0 Å². The molecular formula is C8H17NO. The van der Waals surface area contributed by atoms with E-state index in [4.69, 9.17) is 4.74 Å². The third-order valence-corrected chi connectivity index (χ3v) is 2.53. The van der Waals surface area contributed by atoms with E-state index in [1.165, 1.54) is 12.8 Å². The third kappa shape index (κ3) is 1.70. The zero-order valence-electron chi connectivity index (χ0n) is 7.18. The maximum atomic E-state index is 4.99. The lowest BCUT2D eigenvalue weighted by molar-refractivity contribution is 0.136. The summed E-state index contributed by atoms with van der Waals surface area (Å²) in [4.78, 5) is 2.39. The Balaban J connectivity index is 2.15. The summed E-state index contributed by atoms with van der Waals surface area (Å²) in [5.41, 5.74) is 0.512. The molecule has 0 bridgehead atoms. The van der Waals surface area contributed by atoms with Crippen molar-refractivity contribution in [3.8, 4) is 0 Å². The van der Waals surface area contributed by atoms with Crippen LogP contribution in [0.1, 0.15) is 19.8 Å². The van der Waals surface area contributed by atoms with Crippen molar-refractivity contribution in [1.29, 1.82) is 0 Å². The van der Waals surface area contributed by atoms with Gasteiger partial charge in [-0.1, -0.05) is 0 Å². The number of ether oxygens (including phenoxy) is 1. The minimum Gasteiger partial charge on any atom is -0.383 e. The summed E-state index contributed by atoms with van der Waals surface area (Å²) in [6, 6.07) is 0. The lowest BCUT2D eigenvalue weighted by Gasteiger charge is -2.23. The Morgan fingerprint density at radius 2 is 2.10 bits per heavy atom. The Hall–Kier alpha value is -0.0800. The number of rotatable bonds is 4. The maximum Gasteiger partial charge on any atom is 0.0589 e.